The van der Waals surface area contributed by atoms with Crippen LogP contribution in [-0.4, -0.2) is 34.0 Å². The van der Waals surface area contributed by atoms with Crippen molar-refractivity contribution in [1.29, 1.82) is 0 Å². The quantitative estimate of drug-likeness (QED) is 0.603. The topological polar surface area (TPSA) is 83.7 Å². The molecule has 1 saturated heterocycles. The number of nitro groups is 1. The fourth-order valence-corrected chi connectivity index (χ4v) is 1.66. The molecule has 7 nitrogen and oxygen atoms in total. The molecule has 0 aromatic carbocycles. The molecule has 1 aromatic rings. The lowest BCUT2D eigenvalue weighted by molar-refractivity contribution is -0.485. The summed E-state index contributed by atoms with van der Waals surface area (Å²) in [5.41, 5.74) is 1.96. The molecule has 0 bridgehead atoms. The second kappa shape index (κ2) is 4.77. The van der Waals surface area contributed by atoms with Crippen LogP contribution in [-0.2, 0) is 6.54 Å². The standard InChI is InChI=1S/C10H13N5O2/c1-8-2-3-9(6-12-8)7-14-5-4-11-10(14)13-15(16)17/h2-3,6H,4-5,7H2,1H3,(H,11,13). The maximum Gasteiger partial charge on any atom is 0.271 e. The van der Waals surface area contributed by atoms with Crippen molar-refractivity contribution < 1.29 is 5.03 Å². The molecule has 0 aliphatic carbocycles. The lowest BCUT2D eigenvalue weighted by Gasteiger charge is -2.15. The van der Waals surface area contributed by atoms with Crippen molar-refractivity contribution in [2.75, 3.05) is 13.1 Å². The SMILES string of the molecule is Cc1ccc(CN2CCNC2=N[N+](=O)[O-])cn1. The van der Waals surface area contributed by atoms with Crippen molar-refractivity contribution in [3.8, 4) is 0 Å². The Hall–Kier alpha value is -2.18. The van der Waals surface area contributed by atoms with Gasteiger partial charge >= 0.3 is 0 Å². The normalized spacial score (nSPS) is 17.2. The van der Waals surface area contributed by atoms with Gasteiger partial charge in [0, 0.05) is 31.5 Å². The highest BCUT2D eigenvalue weighted by atomic mass is 16.7. The molecule has 2 heterocycles. The third-order valence-electron chi connectivity index (χ3n) is 2.49. The number of nitrogens with zero attached hydrogens (tertiary/aromatic N) is 4. The van der Waals surface area contributed by atoms with Gasteiger partial charge in [0.2, 0.25) is 0 Å². The van der Waals surface area contributed by atoms with E-state index in [1.807, 2.05) is 24.0 Å². The van der Waals surface area contributed by atoms with E-state index in [1.54, 1.807) is 6.20 Å². The third kappa shape index (κ3) is 2.90. The number of hydrogen-bond acceptors (Lipinski definition) is 3. The number of hydrogen-bond donors (Lipinski definition) is 1. The Bertz CT molecular complexity index is 443. The van der Waals surface area contributed by atoms with Crippen molar-refractivity contribution in [2.45, 2.75) is 13.5 Å². The van der Waals surface area contributed by atoms with E-state index in [0.29, 0.717) is 25.6 Å². The van der Waals surface area contributed by atoms with E-state index in [4.69, 9.17) is 0 Å². The minimum Gasteiger partial charge on any atom is -0.349 e. The molecule has 1 aliphatic rings. The minimum absolute atomic E-state index is 0.315. The largest absolute Gasteiger partial charge is 0.349 e. The number of hydrazone groups is 1. The van der Waals surface area contributed by atoms with Gasteiger partial charge in [-0.25, -0.2) is 10.1 Å². The van der Waals surface area contributed by atoms with Crippen molar-refractivity contribution >= 4 is 5.96 Å². The van der Waals surface area contributed by atoms with Crippen LogP contribution in [0.25, 0.3) is 0 Å². The molecule has 1 fully saturated rings. The van der Waals surface area contributed by atoms with Crippen LogP contribution in [0.15, 0.2) is 23.4 Å². The molecule has 1 N–H and O–H groups in total. The zero-order valence-corrected chi connectivity index (χ0v) is 9.46. The fraction of sp³-hybridized carbons (Fsp3) is 0.400. The second-order valence-electron chi connectivity index (χ2n) is 3.82. The highest BCUT2D eigenvalue weighted by Gasteiger charge is 2.21. The van der Waals surface area contributed by atoms with E-state index < -0.39 is 5.03 Å². The van der Waals surface area contributed by atoms with Gasteiger partial charge in [0.15, 0.2) is 5.03 Å². The number of aryl methyl sites for hydroxylation is 1. The summed E-state index contributed by atoms with van der Waals surface area (Å²) >= 11 is 0. The van der Waals surface area contributed by atoms with Crippen LogP contribution in [0.3, 0.4) is 0 Å². The number of rotatable bonds is 3. The maximum atomic E-state index is 10.3. The van der Waals surface area contributed by atoms with Crippen LogP contribution in [0.5, 0.6) is 0 Å². The van der Waals surface area contributed by atoms with Crippen LogP contribution >= 0.6 is 0 Å². The van der Waals surface area contributed by atoms with E-state index in [9.17, 15) is 10.1 Å². The molecule has 0 unspecified atom stereocenters. The first-order chi connectivity index (χ1) is 8.15. The van der Waals surface area contributed by atoms with E-state index >= 15 is 0 Å². The number of guanidine groups is 1. The predicted octanol–water partition coefficient (Wildman–Crippen LogP) is 0.343. The molecule has 0 spiro atoms. The van der Waals surface area contributed by atoms with Crippen molar-refractivity contribution in [3.05, 3.63) is 39.7 Å². The van der Waals surface area contributed by atoms with Gasteiger partial charge in [-0.2, -0.15) is 0 Å². The maximum absolute atomic E-state index is 10.3. The van der Waals surface area contributed by atoms with Gasteiger partial charge in [0.1, 0.15) is 5.10 Å². The van der Waals surface area contributed by atoms with Gasteiger partial charge in [-0.05, 0) is 18.6 Å². The monoisotopic (exact) mass is 235 g/mol. The molecular formula is C10H13N5O2. The van der Waals surface area contributed by atoms with Crippen LogP contribution in [0.1, 0.15) is 11.3 Å². The van der Waals surface area contributed by atoms with Gasteiger partial charge in [-0.3, -0.25) is 4.98 Å². The zero-order chi connectivity index (χ0) is 12.3. The van der Waals surface area contributed by atoms with Crippen molar-refractivity contribution in [3.63, 3.8) is 0 Å². The molecule has 0 atom stereocenters. The molecule has 1 aromatic heterocycles. The van der Waals surface area contributed by atoms with Gasteiger partial charge in [-0.15, -0.1) is 0 Å². The molecule has 90 valence electrons. The lowest BCUT2D eigenvalue weighted by Crippen LogP contribution is -2.30. The summed E-state index contributed by atoms with van der Waals surface area (Å²) in [6.45, 7) is 3.88. The smallest absolute Gasteiger partial charge is 0.271 e. The van der Waals surface area contributed by atoms with E-state index in [1.165, 1.54) is 0 Å². The Morgan fingerprint density at radius 1 is 1.65 bits per heavy atom. The molecule has 7 heteroatoms. The molecule has 0 saturated carbocycles. The Morgan fingerprint density at radius 2 is 2.47 bits per heavy atom. The Balaban J connectivity index is 2.07. The molecule has 2 rings (SSSR count). The zero-order valence-electron chi connectivity index (χ0n) is 9.46. The number of pyridine rings is 1. The summed E-state index contributed by atoms with van der Waals surface area (Å²) in [6.07, 6.45) is 1.78. The van der Waals surface area contributed by atoms with Gasteiger partial charge in [0.25, 0.3) is 5.96 Å². The highest BCUT2D eigenvalue weighted by molar-refractivity contribution is 5.81. The first-order valence-corrected chi connectivity index (χ1v) is 5.28. The summed E-state index contributed by atoms with van der Waals surface area (Å²) in [7, 11) is 0. The Morgan fingerprint density at radius 3 is 3.12 bits per heavy atom. The Kier molecular flexibility index (Phi) is 3.17. The molecule has 0 radical (unpaired) electrons. The lowest BCUT2D eigenvalue weighted by atomic mass is 10.2. The first kappa shape index (κ1) is 11.3. The number of aromatic nitrogens is 1. The first-order valence-electron chi connectivity index (χ1n) is 5.28. The summed E-state index contributed by atoms with van der Waals surface area (Å²) in [5, 5.41) is 15.8. The van der Waals surface area contributed by atoms with Gasteiger partial charge in [0.05, 0.1) is 0 Å². The van der Waals surface area contributed by atoms with E-state index in [0.717, 1.165) is 11.3 Å². The molecular weight excluding hydrogens is 222 g/mol. The molecule has 1 aliphatic heterocycles. The van der Waals surface area contributed by atoms with Crippen LogP contribution in [0.4, 0.5) is 0 Å². The van der Waals surface area contributed by atoms with Crippen LogP contribution in [0.2, 0.25) is 0 Å². The fourth-order valence-electron chi connectivity index (χ4n) is 1.66. The van der Waals surface area contributed by atoms with Gasteiger partial charge < -0.3 is 10.2 Å². The minimum atomic E-state index is -0.686. The van der Waals surface area contributed by atoms with Crippen LogP contribution in [0, 0.1) is 17.0 Å². The van der Waals surface area contributed by atoms with Crippen molar-refractivity contribution in [2.24, 2.45) is 5.10 Å². The average Bonchev–Trinajstić information content (AvgIpc) is 2.68. The van der Waals surface area contributed by atoms with E-state index in [-0.39, 0.29) is 0 Å². The molecule has 0 amide bonds. The second-order valence-corrected chi connectivity index (χ2v) is 3.82. The summed E-state index contributed by atoms with van der Waals surface area (Å²) in [6, 6.07) is 3.88. The Labute approximate surface area is 98.3 Å². The average molecular weight is 235 g/mol. The third-order valence-corrected chi connectivity index (χ3v) is 2.49. The predicted molar refractivity (Wildman–Crippen MR) is 61.8 cm³/mol. The summed E-state index contributed by atoms with van der Waals surface area (Å²) in [4.78, 5) is 16.4. The van der Waals surface area contributed by atoms with E-state index in [2.05, 4.69) is 15.4 Å². The number of nitrogens with one attached hydrogen (secondary N) is 1. The summed E-state index contributed by atoms with van der Waals surface area (Å²) < 4.78 is 0. The van der Waals surface area contributed by atoms with Crippen molar-refractivity contribution in [1.82, 2.24) is 15.2 Å². The van der Waals surface area contributed by atoms with Crippen LogP contribution < -0.4 is 5.32 Å². The summed E-state index contributed by atoms with van der Waals surface area (Å²) in [5.74, 6) is 0.315. The molecule has 17 heavy (non-hydrogen) atoms. The highest BCUT2D eigenvalue weighted by Crippen LogP contribution is 2.07. The van der Waals surface area contributed by atoms with Gasteiger partial charge in [-0.1, -0.05) is 6.07 Å².